The number of hydrogen-bond acceptors (Lipinski definition) is 7. The molecule has 148 valence electrons. The van der Waals surface area contributed by atoms with Crippen LogP contribution >= 0.6 is 11.6 Å². The Morgan fingerprint density at radius 2 is 1.87 bits per heavy atom. The van der Waals surface area contributed by atoms with Crippen LogP contribution in [-0.2, 0) is 0 Å². The molecule has 4 heterocycles. The van der Waals surface area contributed by atoms with E-state index in [4.69, 9.17) is 11.6 Å². The Bertz CT molecular complexity index is 1290. The van der Waals surface area contributed by atoms with Gasteiger partial charge in [0.25, 0.3) is 5.91 Å². The van der Waals surface area contributed by atoms with E-state index in [1.165, 1.54) is 40.3 Å². The van der Waals surface area contributed by atoms with Crippen LogP contribution in [0.15, 0.2) is 43.1 Å². The van der Waals surface area contributed by atoms with Crippen LogP contribution in [0.4, 0.5) is 5.69 Å². The second-order valence-corrected chi connectivity index (χ2v) is 6.68. The molecule has 4 rings (SSSR count). The smallest absolute Gasteiger partial charge is 0.259 e. The molecule has 0 aliphatic rings. The number of nitrogens with one attached hydrogen (secondary N) is 1. The van der Waals surface area contributed by atoms with Gasteiger partial charge in [-0.1, -0.05) is 11.6 Å². The van der Waals surface area contributed by atoms with E-state index in [2.05, 4.69) is 30.6 Å². The maximum atomic E-state index is 12.8. The Labute approximate surface area is 175 Å². The first kappa shape index (κ1) is 19.2. The van der Waals surface area contributed by atoms with E-state index in [1.807, 2.05) is 13.0 Å². The van der Waals surface area contributed by atoms with Gasteiger partial charge < -0.3 is 5.32 Å². The zero-order valence-corrected chi connectivity index (χ0v) is 16.7. The first-order chi connectivity index (χ1) is 14.5. The van der Waals surface area contributed by atoms with Crippen LogP contribution in [-0.4, -0.2) is 40.6 Å². The van der Waals surface area contributed by atoms with Crippen molar-refractivity contribution < 1.29 is 4.79 Å². The van der Waals surface area contributed by atoms with Gasteiger partial charge in [-0.25, -0.2) is 14.6 Å². The second-order valence-electron chi connectivity index (χ2n) is 6.30. The molecule has 0 spiro atoms. The van der Waals surface area contributed by atoms with Crippen molar-refractivity contribution >= 4 is 23.2 Å². The molecule has 0 atom stereocenters. The highest BCUT2D eigenvalue weighted by atomic mass is 35.5. The van der Waals surface area contributed by atoms with E-state index in [-0.39, 0.29) is 11.4 Å². The molecule has 4 aromatic heterocycles. The molecule has 1 N–H and O–H groups in total. The van der Waals surface area contributed by atoms with Crippen LogP contribution in [0.25, 0.3) is 11.6 Å². The van der Waals surface area contributed by atoms with Gasteiger partial charge >= 0.3 is 0 Å². The van der Waals surface area contributed by atoms with Gasteiger partial charge in [0.1, 0.15) is 11.6 Å². The lowest BCUT2D eigenvalue weighted by Gasteiger charge is -2.09. The van der Waals surface area contributed by atoms with E-state index in [0.29, 0.717) is 27.8 Å². The van der Waals surface area contributed by atoms with Gasteiger partial charge in [-0.3, -0.25) is 4.79 Å². The standard InChI is InChI=1S/C19H14ClN9O/c1-11-3-4-22-18(16(11)20)28-12(2)15(10-26-28)19(30)27-14-7-13(8-21)17(23-9-14)29-24-5-6-25-29/h3-7,9-10H,1-2H3,(H,27,30). The summed E-state index contributed by atoms with van der Waals surface area (Å²) in [6.07, 6.45) is 7.45. The number of nitriles is 1. The van der Waals surface area contributed by atoms with Crippen molar-refractivity contribution in [2.75, 3.05) is 5.32 Å². The van der Waals surface area contributed by atoms with E-state index in [1.54, 1.807) is 19.2 Å². The molecule has 11 heteroatoms. The first-order valence-corrected chi connectivity index (χ1v) is 9.11. The number of aryl methyl sites for hydroxylation is 1. The molecular formula is C19H14ClN9O. The third-order valence-corrected chi connectivity index (χ3v) is 4.84. The van der Waals surface area contributed by atoms with Gasteiger partial charge in [0.05, 0.1) is 46.8 Å². The lowest BCUT2D eigenvalue weighted by Crippen LogP contribution is -2.14. The van der Waals surface area contributed by atoms with Gasteiger partial charge in [0, 0.05) is 6.20 Å². The number of nitrogens with zero attached hydrogens (tertiary/aromatic N) is 8. The summed E-state index contributed by atoms with van der Waals surface area (Å²) in [5.74, 6) is 0.306. The highest BCUT2D eigenvalue weighted by Crippen LogP contribution is 2.24. The fraction of sp³-hybridized carbons (Fsp3) is 0.105. The van der Waals surface area contributed by atoms with Crippen LogP contribution in [0.3, 0.4) is 0 Å². The zero-order chi connectivity index (χ0) is 21.3. The minimum atomic E-state index is -0.404. The Hall–Kier alpha value is -4.10. The quantitative estimate of drug-likeness (QED) is 0.538. The van der Waals surface area contributed by atoms with Gasteiger partial charge in [-0.15, -0.1) is 4.80 Å². The van der Waals surface area contributed by atoms with Crippen LogP contribution in [0.1, 0.15) is 27.2 Å². The number of halogens is 1. The highest BCUT2D eigenvalue weighted by molar-refractivity contribution is 6.32. The van der Waals surface area contributed by atoms with E-state index in [9.17, 15) is 10.1 Å². The Balaban J connectivity index is 1.62. The average molecular weight is 420 g/mol. The SMILES string of the molecule is Cc1ccnc(-n2ncc(C(=O)Nc3cnc(-n4nccn4)c(C#N)c3)c2C)c1Cl. The van der Waals surface area contributed by atoms with Crippen molar-refractivity contribution in [2.45, 2.75) is 13.8 Å². The van der Waals surface area contributed by atoms with Gasteiger partial charge in [-0.2, -0.15) is 20.6 Å². The lowest BCUT2D eigenvalue weighted by molar-refractivity contribution is 0.102. The first-order valence-electron chi connectivity index (χ1n) is 8.74. The summed E-state index contributed by atoms with van der Waals surface area (Å²) in [7, 11) is 0. The van der Waals surface area contributed by atoms with Crippen molar-refractivity contribution in [3.63, 3.8) is 0 Å². The highest BCUT2D eigenvalue weighted by Gasteiger charge is 2.19. The monoisotopic (exact) mass is 419 g/mol. The normalized spacial score (nSPS) is 10.6. The van der Waals surface area contributed by atoms with Gasteiger partial charge in [0.15, 0.2) is 11.6 Å². The summed E-state index contributed by atoms with van der Waals surface area (Å²) in [5, 5.41) is 24.8. The Kier molecular flexibility index (Phi) is 4.95. The van der Waals surface area contributed by atoms with E-state index >= 15 is 0 Å². The molecule has 0 aliphatic heterocycles. The van der Waals surface area contributed by atoms with Crippen molar-refractivity contribution in [2.24, 2.45) is 0 Å². The van der Waals surface area contributed by atoms with Crippen LogP contribution in [0, 0.1) is 25.2 Å². The molecule has 0 bridgehead atoms. The number of rotatable bonds is 4. The summed E-state index contributed by atoms with van der Waals surface area (Å²) < 4.78 is 1.51. The molecule has 0 aliphatic carbocycles. The van der Waals surface area contributed by atoms with Crippen molar-refractivity contribution in [3.8, 4) is 17.7 Å². The summed E-state index contributed by atoms with van der Waals surface area (Å²) in [4.78, 5) is 22.5. The zero-order valence-electron chi connectivity index (χ0n) is 15.9. The molecule has 0 saturated carbocycles. The predicted octanol–water partition coefficient (Wildman–Crippen LogP) is 2.64. The molecule has 30 heavy (non-hydrogen) atoms. The largest absolute Gasteiger partial charge is 0.320 e. The molecule has 0 radical (unpaired) electrons. The molecule has 0 aromatic carbocycles. The topological polar surface area (TPSA) is 127 Å². The summed E-state index contributed by atoms with van der Waals surface area (Å²) in [6.45, 7) is 3.61. The van der Waals surface area contributed by atoms with Crippen molar-refractivity contribution in [3.05, 3.63) is 70.5 Å². The third-order valence-electron chi connectivity index (χ3n) is 4.37. The minimum absolute atomic E-state index is 0.215. The molecular weight excluding hydrogens is 406 g/mol. The molecule has 1 amide bonds. The maximum Gasteiger partial charge on any atom is 0.259 e. The molecule has 0 unspecified atom stereocenters. The van der Waals surface area contributed by atoms with Crippen LogP contribution in [0.2, 0.25) is 5.02 Å². The fourth-order valence-electron chi connectivity index (χ4n) is 2.81. The minimum Gasteiger partial charge on any atom is -0.320 e. The average Bonchev–Trinajstić information content (AvgIpc) is 3.40. The molecule has 0 saturated heterocycles. The number of carbonyl (C=O) groups is 1. The van der Waals surface area contributed by atoms with E-state index in [0.717, 1.165) is 5.56 Å². The Morgan fingerprint density at radius 3 is 2.60 bits per heavy atom. The Morgan fingerprint density at radius 1 is 1.10 bits per heavy atom. The fourth-order valence-corrected chi connectivity index (χ4v) is 3.00. The molecule has 4 aromatic rings. The van der Waals surface area contributed by atoms with Crippen molar-refractivity contribution in [1.82, 2.24) is 34.7 Å². The van der Waals surface area contributed by atoms with Crippen LogP contribution < -0.4 is 5.32 Å². The van der Waals surface area contributed by atoms with Crippen molar-refractivity contribution in [1.29, 1.82) is 5.26 Å². The summed E-state index contributed by atoms with van der Waals surface area (Å²) in [5.41, 5.74) is 2.33. The third kappa shape index (κ3) is 3.38. The predicted molar refractivity (Wildman–Crippen MR) is 108 cm³/mol. The molecule has 0 fully saturated rings. The second kappa shape index (κ2) is 7.73. The summed E-state index contributed by atoms with van der Waals surface area (Å²) >= 11 is 6.33. The van der Waals surface area contributed by atoms with Crippen LogP contribution in [0.5, 0.6) is 0 Å². The summed E-state index contributed by atoms with van der Waals surface area (Å²) in [6, 6.07) is 5.33. The lowest BCUT2D eigenvalue weighted by atomic mass is 10.2. The maximum absolute atomic E-state index is 12.8. The number of anilines is 1. The number of carbonyl (C=O) groups excluding carboxylic acids is 1. The number of pyridine rings is 2. The number of aromatic nitrogens is 7. The van der Waals surface area contributed by atoms with Gasteiger partial charge in [-0.05, 0) is 31.5 Å². The number of amides is 1. The van der Waals surface area contributed by atoms with E-state index < -0.39 is 5.91 Å². The van der Waals surface area contributed by atoms with Gasteiger partial charge in [0.2, 0.25) is 0 Å². The number of hydrogen-bond donors (Lipinski definition) is 1. The molecule has 10 nitrogen and oxygen atoms in total.